The van der Waals surface area contributed by atoms with Gasteiger partial charge in [-0.3, -0.25) is 10.1 Å². The van der Waals surface area contributed by atoms with Crippen LogP contribution in [0.3, 0.4) is 0 Å². The summed E-state index contributed by atoms with van der Waals surface area (Å²) in [6, 6.07) is 18.9. The fraction of sp³-hybridized carbons (Fsp3) is 0.0952. The number of ether oxygens (including phenoxy) is 2. The first-order valence-corrected chi connectivity index (χ1v) is 8.76. The Labute approximate surface area is 166 Å². The molecule has 0 aliphatic carbocycles. The second kappa shape index (κ2) is 9.23. The predicted molar refractivity (Wildman–Crippen MR) is 106 cm³/mol. The van der Waals surface area contributed by atoms with E-state index in [1.54, 1.807) is 48.5 Å². The summed E-state index contributed by atoms with van der Waals surface area (Å²) in [5.41, 5.74) is 1.36. The van der Waals surface area contributed by atoms with Gasteiger partial charge in [0.1, 0.15) is 11.5 Å². The van der Waals surface area contributed by atoms with Crippen molar-refractivity contribution in [1.82, 2.24) is 0 Å². The standard InChI is InChI=1S/C21H17N3O5/c1-2-28-19-11-13-20(14-12-19)29-21(25)15-3-5-16(6-4-15)22-23-17-7-9-18(10-8-17)24(26)27/h3-14H,2H2,1H3. The van der Waals surface area contributed by atoms with E-state index in [2.05, 4.69) is 10.2 Å². The van der Waals surface area contributed by atoms with E-state index in [0.717, 1.165) is 0 Å². The van der Waals surface area contributed by atoms with E-state index in [1.807, 2.05) is 6.92 Å². The summed E-state index contributed by atoms with van der Waals surface area (Å²) in [5.74, 6) is 0.628. The zero-order chi connectivity index (χ0) is 20.6. The molecule has 3 aromatic rings. The molecular weight excluding hydrogens is 374 g/mol. The van der Waals surface area contributed by atoms with Crippen molar-refractivity contribution >= 4 is 23.0 Å². The third-order valence-corrected chi connectivity index (χ3v) is 3.79. The highest BCUT2D eigenvalue weighted by molar-refractivity contribution is 5.91. The largest absolute Gasteiger partial charge is 0.494 e. The van der Waals surface area contributed by atoms with Crippen LogP contribution in [0.2, 0.25) is 0 Å². The molecule has 0 unspecified atom stereocenters. The van der Waals surface area contributed by atoms with Crippen LogP contribution in [0.1, 0.15) is 17.3 Å². The van der Waals surface area contributed by atoms with E-state index in [1.165, 1.54) is 24.3 Å². The smallest absolute Gasteiger partial charge is 0.343 e. The Morgan fingerprint density at radius 1 is 0.862 bits per heavy atom. The zero-order valence-corrected chi connectivity index (χ0v) is 15.5. The number of carbonyl (C=O) groups is 1. The number of nitrogens with zero attached hydrogens (tertiary/aromatic N) is 3. The van der Waals surface area contributed by atoms with Crippen molar-refractivity contribution in [3.8, 4) is 11.5 Å². The molecule has 0 saturated heterocycles. The number of nitro benzene ring substituents is 1. The van der Waals surface area contributed by atoms with Gasteiger partial charge in [-0.05, 0) is 67.6 Å². The molecule has 0 bridgehead atoms. The number of non-ortho nitro benzene ring substituents is 1. The van der Waals surface area contributed by atoms with E-state index in [0.29, 0.717) is 35.0 Å². The number of rotatable bonds is 7. The summed E-state index contributed by atoms with van der Waals surface area (Å²) in [4.78, 5) is 22.4. The number of hydrogen-bond acceptors (Lipinski definition) is 7. The van der Waals surface area contributed by atoms with Gasteiger partial charge in [0.05, 0.1) is 28.5 Å². The van der Waals surface area contributed by atoms with E-state index >= 15 is 0 Å². The number of esters is 1. The number of carbonyl (C=O) groups excluding carboxylic acids is 1. The minimum absolute atomic E-state index is 0.0145. The maximum Gasteiger partial charge on any atom is 0.343 e. The summed E-state index contributed by atoms with van der Waals surface area (Å²) in [6.45, 7) is 2.45. The molecule has 0 radical (unpaired) electrons. The van der Waals surface area contributed by atoms with Crippen LogP contribution in [0.25, 0.3) is 0 Å². The lowest BCUT2D eigenvalue weighted by Crippen LogP contribution is -2.08. The van der Waals surface area contributed by atoms with Gasteiger partial charge in [0.2, 0.25) is 0 Å². The van der Waals surface area contributed by atoms with Crippen molar-refractivity contribution in [2.75, 3.05) is 6.61 Å². The molecule has 8 nitrogen and oxygen atoms in total. The van der Waals surface area contributed by atoms with Gasteiger partial charge in [0.15, 0.2) is 0 Å². The lowest BCUT2D eigenvalue weighted by molar-refractivity contribution is -0.384. The van der Waals surface area contributed by atoms with Crippen LogP contribution < -0.4 is 9.47 Å². The monoisotopic (exact) mass is 391 g/mol. The van der Waals surface area contributed by atoms with Crippen molar-refractivity contribution < 1.29 is 19.2 Å². The molecule has 0 spiro atoms. The van der Waals surface area contributed by atoms with Gasteiger partial charge in [0.25, 0.3) is 5.69 Å². The first-order chi connectivity index (χ1) is 14.0. The van der Waals surface area contributed by atoms with E-state index < -0.39 is 10.9 Å². The van der Waals surface area contributed by atoms with Crippen LogP contribution in [0, 0.1) is 10.1 Å². The SMILES string of the molecule is CCOc1ccc(OC(=O)c2ccc(N=Nc3ccc([N+](=O)[O-])cc3)cc2)cc1. The normalized spacial score (nSPS) is 10.7. The second-order valence-electron chi connectivity index (χ2n) is 5.81. The average Bonchev–Trinajstić information content (AvgIpc) is 2.74. The third kappa shape index (κ3) is 5.46. The fourth-order valence-electron chi connectivity index (χ4n) is 2.36. The Hall–Kier alpha value is -4.07. The lowest BCUT2D eigenvalue weighted by Gasteiger charge is -2.06. The van der Waals surface area contributed by atoms with Gasteiger partial charge in [-0.2, -0.15) is 10.2 Å². The quantitative estimate of drug-likeness (QED) is 0.171. The first-order valence-electron chi connectivity index (χ1n) is 8.76. The number of azo groups is 1. The summed E-state index contributed by atoms with van der Waals surface area (Å²) in [7, 11) is 0. The van der Waals surface area contributed by atoms with E-state index in [-0.39, 0.29) is 5.69 Å². The molecule has 146 valence electrons. The van der Waals surface area contributed by atoms with Crippen LogP contribution in [0.15, 0.2) is 83.0 Å². The van der Waals surface area contributed by atoms with E-state index in [9.17, 15) is 14.9 Å². The van der Waals surface area contributed by atoms with Gasteiger partial charge in [-0.15, -0.1) is 0 Å². The highest BCUT2D eigenvalue weighted by Crippen LogP contribution is 2.22. The minimum atomic E-state index is -0.493. The first kappa shape index (κ1) is 19.7. The Morgan fingerprint density at radius 3 is 1.90 bits per heavy atom. The number of benzene rings is 3. The maximum atomic E-state index is 12.2. The zero-order valence-electron chi connectivity index (χ0n) is 15.5. The van der Waals surface area contributed by atoms with Crippen LogP contribution in [-0.4, -0.2) is 17.5 Å². The molecule has 0 amide bonds. The molecule has 8 heteroatoms. The molecule has 0 aromatic heterocycles. The summed E-state index contributed by atoms with van der Waals surface area (Å²) >= 11 is 0. The molecule has 0 fully saturated rings. The fourth-order valence-corrected chi connectivity index (χ4v) is 2.36. The van der Waals surface area contributed by atoms with Gasteiger partial charge in [-0.1, -0.05) is 0 Å². The number of hydrogen-bond donors (Lipinski definition) is 0. The molecule has 29 heavy (non-hydrogen) atoms. The highest BCUT2D eigenvalue weighted by atomic mass is 16.6. The summed E-state index contributed by atoms with van der Waals surface area (Å²) in [5, 5.41) is 18.7. The van der Waals surface area contributed by atoms with Gasteiger partial charge in [0, 0.05) is 12.1 Å². The Kier molecular flexibility index (Phi) is 6.26. The Bertz CT molecular complexity index is 1010. The molecule has 0 aliphatic heterocycles. The number of nitro groups is 1. The second-order valence-corrected chi connectivity index (χ2v) is 5.81. The van der Waals surface area contributed by atoms with Gasteiger partial charge in [-0.25, -0.2) is 4.79 Å². The Morgan fingerprint density at radius 2 is 1.38 bits per heavy atom. The minimum Gasteiger partial charge on any atom is -0.494 e. The lowest BCUT2D eigenvalue weighted by atomic mass is 10.2. The highest BCUT2D eigenvalue weighted by Gasteiger charge is 2.09. The van der Waals surface area contributed by atoms with Crippen LogP contribution in [0.4, 0.5) is 17.1 Å². The summed E-state index contributed by atoms with van der Waals surface area (Å²) < 4.78 is 10.7. The predicted octanol–water partition coefficient (Wildman–Crippen LogP) is 5.63. The molecule has 3 rings (SSSR count). The molecule has 0 atom stereocenters. The molecule has 0 N–H and O–H groups in total. The average molecular weight is 391 g/mol. The van der Waals surface area contributed by atoms with Gasteiger partial charge < -0.3 is 9.47 Å². The van der Waals surface area contributed by atoms with Crippen LogP contribution >= 0.6 is 0 Å². The molecular formula is C21H17N3O5. The van der Waals surface area contributed by atoms with Crippen LogP contribution in [-0.2, 0) is 0 Å². The topological polar surface area (TPSA) is 103 Å². The van der Waals surface area contributed by atoms with Crippen molar-refractivity contribution in [1.29, 1.82) is 0 Å². The molecule has 0 heterocycles. The maximum absolute atomic E-state index is 12.2. The Balaban J connectivity index is 1.61. The van der Waals surface area contributed by atoms with Crippen molar-refractivity contribution in [3.05, 3.63) is 88.5 Å². The van der Waals surface area contributed by atoms with Gasteiger partial charge >= 0.3 is 5.97 Å². The molecule has 0 aliphatic rings. The third-order valence-electron chi connectivity index (χ3n) is 3.79. The van der Waals surface area contributed by atoms with E-state index in [4.69, 9.17) is 9.47 Å². The van der Waals surface area contributed by atoms with Crippen LogP contribution in [0.5, 0.6) is 11.5 Å². The summed E-state index contributed by atoms with van der Waals surface area (Å²) in [6.07, 6.45) is 0. The van der Waals surface area contributed by atoms with Crippen molar-refractivity contribution in [2.45, 2.75) is 6.92 Å². The molecule has 0 saturated carbocycles. The molecule has 3 aromatic carbocycles. The van der Waals surface area contributed by atoms with Crippen molar-refractivity contribution in [2.24, 2.45) is 10.2 Å². The van der Waals surface area contributed by atoms with Crippen molar-refractivity contribution in [3.63, 3.8) is 0 Å².